The van der Waals surface area contributed by atoms with Crippen LogP contribution in [0, 0.1) is 5.92 Å². The molecule has 0 bridgehead atoms. The Kier molecular flexibility index (Phi) is 8.93. The molecule has 0 heterocycles. The van der Waals surface area contributed by atoms with Gasteiger partial charge >= 0.3 is 0 Å². The van der Waals surface area contributed by atoms with E-state index in [-0.39, 0.29) is 29.9 Å². The van der Waals surface area contributed by atoms with Crippen molar-refractivity contribution in [2.45, 2.75) is 52.8 Å². The summed E-state index contributed by atoms with van der Waals surface area (Å²) in [5, 5.41) is 5.84. The lowest BCUT2D eigenvalue weighted by atomic mass is 10.0. The number of hydrogen-bond donors (Lipinski definition) is 2. The number of rotatable bonds is 10. The molecule has 0 aliphatic rings. The quantitative estimate of drug-likeness (QED) is 0.578. The fourth-order valence-corrected chi connectivity index (χ4v) is 3.21. The first-order chi connectivity index (χ1) is 15.1. The fourth-order valence-electron chi connectivity index (χ4n) is 3.21. The third-order valence-electron chi connectivity index (χ3n) is 4.94. The average molecular weight is 443 g/mol. The molecule has 0 saturated heterocycles. The summed E-state index contributed by atoms with van der Waals surface area (Å²) in [6.07, 6.45) is 0.0610. The molecule has 0 aliphatic heterocycles. The van der Waals surface area contributed by atoms with Crippen molar-refractivity contribution < 1.29 is 23.8 Å². The van der Waals surface area contributed by atoms with Crippen molar-refractivity contribution >= 4 is 11.8 Å². The number of nitrogens with one attached hydrogen (secondary N) is 2. The molecule has 0 aliphatic carbocycles. The summed E-state index contributed by atoms with van der Waals surface area (Å²) < 4.78 is 16.2. The third-order valence-corrected chi connectivity index (χ3v) is 4.94. The van der Waals surface area contributed by atoms with Gasteiger partial charge in [0, 0.05) is 11.6 Å². The minimum absolute atomic E-state index is 0.0610. The standard InChI is InChI=1S/C25H34N2O5/c1-15(2)23(27-24(28)19-12-21(30-6)14-22(13-19)31-7)25(29)26-17(5)18-9-8-10-20(11-18)32-16(3)4/h8-17,23H,1-7H3,(H,26,29)(H,27,28). The summed E-state index contributed by atoms with van der Waals surface area (Å²) in [4.78, 5) is 25.9. The van der Waals surface area contributed by atoms with Crippen LogP contribution in [0.1, 0.15) is 56.6 Å². The molecule has 32 heavy (non-hydrogen) atoms. The smallest absolute Gasteiger partial charge is 0.252 e. The van der Waals surface area contributed by atoms with Crippen LogP contribution in [0.25, 0.3) is 0 Å². The number of carbonyl (C=O) groups is 2. The highest BCUT2D eigenvalue weighted by Crippen LogP contribution is 2.23. The van der Waals surface area contributed by atoms with Crippen LogP contribution >= 0.6 is 0 Å². The molecule has 2 aromatic carbocycles. The van der Waals surface area contributed by atoms with Gasteiger partial charge in [-0.2, -0.15) is 0 Å². The molecule has 174 valence electrons. The number of carbonyl (C=O) groups excluding carboxylic acids is 2. The van der Waals surface area contributed by atoms with Gasteiger partial charge in [0.1, 0.15) is 23.3 Å². The topological polar surface area (TPSA) is 85.9 Å². The summed E-state index contributed by atoms with van der Waals surface area (Å²) in [6.45, 7) is 9.60. The van der Waals surface area contributed by atoms with Crippen LogP contribution in [0.2, 0.25) is 0 Å². The van der Waals surface area contributed by atoms with Crippen LogP contribution in [-0.2, 0) is 4.79 Å². The van der Waals surface area contributed by atoms with Crippen LogP contribution in [-0.4, -0.2) is 38.2 Å². The number of amides is 2. The number of hydrogen-bond acceptors (Lipinski definition) is 5. The second-order valence-corrected chi connectivity index (χ2v) is 8.27. The van der Waals surface area contributed by atoms with Crippen molar-refractivity contribution in [1.82, 2.24) is 10.6 Å². The Morgan fingerprint density at radius 1 is 0.812 bits per heavy atom. The minimum atomic E-state index is -0.711. The van der Waals surface area contributed by atoms with E-state index in [9.17, 15) is 9.59 Å². The average Bonchev–Trinajstić information content (AvgIpc) is 2.76. The van der Waals surface area contributed by atoms with Crippen molar-refractivity contribution in [3.8, 4) is 17.2 Å². The SMILES string of the molecule is COc1cc(OC)cc(C(=O)NC(C(=O)NC(C)c2cccc(OC(C)C)c2)C(C)C)c1. The van der Waals surface area contributed by atoms with Crippen LogP contribution in [0.4, 0.5) is 0 Å². The second kappa shape index (κ2) is 11.4. The Hall–Kier alpha value is -3.22. The highest BCUT2D eigenvalue weighted by Gasteiger charge is 2.26. The molecule has 2 N–H and O–H groups in total. The molecule has 2 aromatic rings. The molecule has 7 heteroatoms. The van der Waals surface area contributed by atoms with Crippen molar-refractivity contribution in [3.63, 3.8) is 0 Å². The van der Waals surface area contributed by atoms with E-state index in [0.29, 0.717) is 17.1 Å². The van der Waals surface area contributed by atoms with Crippen molar-refractivity contribution in [2.75, 3.05) is 14.2 Å². The van der Waals surface area contributed by atoms with E-state index >= 15 is 0 Å². The highest BCUT2D eigenvalue weighted by molar-refractivity contribution is 5.98. The first-order valence-corrected chi connectivity index (χ1v) is 10.8. The predicted octanol–water partition coefficient (Wildman–Crippen LogP) is 4.12. The van der Waals surface area contributed by atoms with Gasteiger partial charge in [0.2, 0.25) is 5.91 Å². The molecular weight excluding hydrogens is 408 g/mol. The fraction of sp³-hybridized carbons (Fsp3) is 0.440. The molecule has 0 fully saturated rings. The summed E-state index contributed by atoms with van der Waals surface area (Å²) in [7, 11) is 3.03. The number of ether oxygens (including phenoxy) is 3. The van der Waals surface area contributed by atoms with Gasteiger partial charge < -0.3 is 24.8 Å². The molecule has 0 radical (unpaired) electrons. The van der Waals surface area contributed by atoms with Gasteiger partial charge in [-0.1, -0.05) is 26.0 Å². The molecule has 2 amide bonds. The zero-order valence-electron chi connectivity index (χ0n) is 19.9. The predicted molar refractivity (Wildman–Crippen MR) is 124 cm³/mol. The summed E-state index contributed by atoms with van der Waals surface area (Å²) in [5.41, 5.74) is 1.27. The molecule has 2 unspecified atom stereocenters. The van der Waals surface area contributed by atoms with E-state index in [0.717, 1.165) is 11.3 Å². The Morgan fingerprint density at radius 3 is 1.97 bits per heavy atom. The van der Waals surface area contributed by atoms with E-state index in [1.807, 2.05) is 58.9 Å². The maximum Gasteiger partial charge on any atom is 0.252 e. The molecule has 0 saturated carbocycles. The molecule has 0 aromatic heterocycles. The van der Waals surface area contributed by atoms with Gasteiger partial charge in [0.05, 0.1) is 26.4 Å². The maximum absolute atomic E-state index is 13.0. The molecule has 2 rings (SSSR count). The van der Waals surface area contributed by atoms with Gasteiger partial charge in [0.15, 0.2) is 0 Å². The van der Waals surface area contributed by atoms with E-state index in [1.54, 1.807) is 18.2 Å². The van der Waals surface area contributed by atoms with E-state index in [2.05, 4.69) is 10.6 Å². The first kappa shape index (κ1) is 25.0. The zero-order chi connectivity index (χ0) is 23.8. The normalized spacial score (nSPS) is 12.8. The lowest BCUT2D eigenvalue weighted by Gasteiger charge is -2.24. The van der Waals surface area contributed by atoms with Gasteiger partial charge in [-0.3, -0.25) is 9.59 Å². The Bertz CT molecular complexity index is 904. The first-order valence-electron chi connectivity index (χ1n) is 10.8. The summed E-state index contributed by atoms with van der Waals surface area (Å²) >= 11 is 0. The van der Waals surface area contributed by atoms with E-state index in [1.165, 1.54) is 14.2 Å². The van der Waals surface area contributed by atoms with E-state index < -0.39 is 6.04 Å². The van der Waals surface area contributed by atoms with Gasteiger partial charge in [0.25, 0.3) is 5.91 Å². The summed E-state index contributed by atoms with van der Waals surface area (Å²) in [5.74, 6) is 0.991. The maximum atomic E-state index is 13.0. The lowest BCUT2D eigenvalue weighted by Crippen LogP contribution is -2.50. The van der Waals surface area contributed by atoms with Crippen molar-refractivity contribution in [2.24, 2.45) is 5.92 Å². The monoisotopic (exact) mass is 442 g/mol. The molecular formula is C25H34N2O5. The van der Waals surface area contributed by atoms with Crippen LogP contribution < -0.4 is 24.8 Å². The zero-order valence-corrected chi connectivity index (χ0v) is 19.9. The van der Waals surface area contributed by atoms with Gasteiger partial charge in [-0.25, -0.2) is 0 Å². The minimum Gasteiger partial charge on any atom is -0.497 e. The third kappa shape index (κ3) is 6.90. The van der Waals surface area contributed by atoms with Gasteiger partial charge in [-0.15, -0.1) is 0 Å². The highest BCUT2D eigenvalue weighted by atomic mass is 16.5. The molecule has 0 spiro atoms. The Labute approximate surface area is 190 Å². The van der Waals surface area contributed by atoms with Crippen molar-refractivity contribution in [3.05, 3.63) is 53.6 Å². The molecule has 2 atom stereocenters. The Morgan fingerprint density at radius 2 is 1.44 bits per heavy atom. The van der Waals surface area contributed by atoms with Crippen LogP contribution in [0.15, 0.2) is 42.5 Å². The van der Waals surface area contributed by atoms with Gasteiger partial charge in [-0.05, 0) is 56.5 Å². The van der Waals surface area contributed by atoms with Crippen LogP contribution in [0.3, 0.4) is 0 Å². The largest absolute Gasteiger partial charge is 0.497 e. The lowest BCUT2D eigenvalue weighted by molar-refractivity contribution is -0.124. The summed E-state index contributed by atoms with van der Waals surface area (Å²) in [6, 6.07) is 11.6. The van der Waals surface area contributed by atoms with E-state index in [4.69, 9.17) is 14.2 Å². The second-order valence-electron chi connectivity index (χ2n) is 8.27. The van der Waals surface area contributed by atoms with Crippen LogP contribution in [0.5, 0.6) is 17.2 Å². The number of benzene rings is 2. The van der Waals surface area contributed by atoms with Crippen molar-refractivity contribution in [1.29, 1.82) is 0 Å². The number of methoxy groups -OCH3 is 2. The molecule has 7 nitrogen and oxygen atoms in total. The Balaban J connectivity index is 2.13.